The van der Waals surface area contributed by atoms with Gasteiger partial charge < -0.3 is 5.32 Å². The van der Waals surface area contributed by atoms with Gasteiger partial charge in [-0.05, 0) is 31.6 Å². The van der Waals surface area contributed by atoms with Gasteiger partial charge in [0.1, 0.15) is 0 Å². The molecule has 2 unspecified atom stereocenters. The van der Waals surface area contributed by atoms with Crippen molar-refractivity contribution in [3.05, 3.63) is 12.2 Å². The van der Waals surface area contributed by atoms with Gasteiger partial charge in [0.25, 0.3) is 0 Å². The number of thioether (sulfide) groups is 1. The molecule has 2 atom stereocenters. The first-order chi connectivity index (χ1) is 6.77. The van der Waals surface area contributed by atoms with Crippen LogP contribution in [0.25, 0.3) is 0 Å². The largest absolute Gasteiger partial charge is 0.349 e. The van der Waals surface area contributed by atoms with E-state index in [1.54, 1.807) is 12.2 Å². The molecule has 0 aromatic rings. The van der Waals surface area contributed by atoms with Crippen molar-refractivity contribution in [1.29, 1.82) is 0 Å². The highest BCUT2D eigenvalue weighted by Crippen LogP contribution is 2.29. The van der Waals surface area contributed by atoms with Crippen LogP contribution in [0.4, 0.5) is 0 Å². The number of allylic oxidation sites excluding steroid dienone is 1. The number of nitrogens with one attached hydrogen (secondary N) is 1. The lowest BCUT2D eigenvalue weighted by Crippen LogP contribution is -2.37. The predicted molar refractivity (Wildman–Crippen MR) is 62.5 cm³/mol. The summed E-state index contributed by atoms with van der Waals surface area (Å²) in [5, 5.41) is 3.70. The van der Waals surface area contributed by atoms with E-state index >= 15 is 0 Å². The minimum Gasteiger partial charge on any atom is -0.349 e. The molecule has 0 aliphatic heterocycles. The zero-order valence-electron chi connectivity index (χ0n) is 8.95. The van der Waals surface area contributed by atoms with E-state index in [-0.39, 0.29) is 5.91 Å². The number of hydrogen-bond donors (Lipinski definition) is 1. The molecule has 3 heteroatoms. The van der Waals surface area contributed by atoms with Crippen LogP contribution in [0.2, 0.25) is 0 Å². The first-order valence-electron chi connectivity index (χ1n) is 5.32. The lowest BCUT2D eigenvalue weighted by atomic mass is 10.2. The second-order valence-corrected chi connectivity index (χ2v) is 5.06. The monoisotopic (exact) mass is 213 g/mol. The molecule has 1 aliphatic rings. The van der Waals surface area contributed by atoms with Crippen LogP contribution in [0.1, 0.15) is 33.1 Å². The fourth-order valence-electron chi connectivity index (χ4n) is 1.89. The molecular formula is C11H19NOS. The summed E-state index contributed by atoms with van der Waals surface area (Å²) >= 11 is 1.97. The van der Waals surface area contributed by atoms with Gasteiger partial charge in [-0.2, -0.15) is 11.8 Å². The van der Waals surface area contributed by atoms with Crippen LogP contribution in [0.15, 0.2) is 12.2 Å². The maximum atomic E-state index is 11.3. The highest BCUT2D eigenvalue weighted by molar-refractivity contribution is 7.99. The maximum Gasteiger partial charge on any atom is 0.243 e. The highest BCUT2D eigenvalue weighted by Gasteiger charge is 2.27. The molecule has 1 saturated carbocycles. The summed E-state index contributed by atoms with van der Waals surface area (Å²) in [5.41, 5.74) is 0. The maximum absolute atomic E-state index is 11.3. The Labute approximate surface area is 90.5 Å². The second-order valence-electron chi connectivity index (χ2n) is 3.54. The van der Waals surface area contributed by atoms with Gasteiger partial charge in [0, 0.05) is 11.3 Å². The first kappa shape index (κ1) is 11.6. The smallest absolute Gasteiger partial charge is 0.243 e. The zero-order valence-corrected chi connectivity index (χ0v) is 9.77. The predicted octanol–water partition coefficient (Wildman–Crippen LogP) is 2.35. The van der Waals surface area contributed by atoms with Crippen molar-refractivity contribution in [2.75, 3.05) is 5.75 Å². The third kappa shape index (κ3) is 3.37. The molecular weight excluding hydrogens is 194 g/mol. The molecule has 0 saturated heterocycles. The fourth-order valence-corrected chi connectivity index (χ4v) is 3.08. The van der Waals surface area contributed by atoms with Gasteiger partial charge in [-0.25, -0.2) is 0 Å². The van der Waals surface area contributed by atoms with Gasteiger partial charge in [0.15, 0.2) is 0 Å². The molecule has 1 fully saturated rings. The Morgan fingerprint density at radius 3 is 3.00 bits per heavy atom. The Hall–Kier alpha value is -0.440. The van der Waals surface area contributed by atoms with Gasteiger partial charge in [0.2, 0.25) is 5.91 Å². The molecule has 0 bridgehead atoms. The van der Waals surface area contributed by atoms with Crippen LogP contribution in [-0.4, -0.2) is 23.0 Å². The Kier molecular flexibility index (Phi) is 5.09. The SMILES string of the molecule is C/C=C/C(=O)NC1CCCC1SCC. The van der Waals surface area contributed by atoms with Crippen LogP contribution >= 0.6 is 11.8 Å². The highest BCUT2D eigenvalue weighted by atomic mass is 32.2. The molecule has 80 valence electrons. The average Bonchev–Trinajstić information content (AvgIpc) is 2.54. The molecule has 1 rings (SSSR count). The van der Waals surface area contributed by atoms with Gasteiger partial charge in [-0.1, -0.05) is 19.4 Å². The third-order valence-corrected chi connectivity index (χ3v) is 3.80. The molecule has 0 aromatic carbocycles. The first-order valence-corrected chi connectivity index (χ1v) is 6.37. The average molecular weight is 213 g/mol. The van der Waals surface area contributed by atoms with Crippen molar-refractivity contribution in [2.24, 2.45) is 0 Å². The van der Waals surface area contributed by atoms with Crippen molar-refractivity contribution in [3.63, 3.8) is 0 Å². The van der Waals surface area contributed by atoms with E-state index in [2.05, 4.69) is 12.2 Å². The van der Waals surface area contributed by atoms with E-state index in [0.29, 0.717) is 11.3 Å². The molecule has 14 heavy (non-hydrogen) atoms. The summed E-state index contributed by atoms with van der Waals surface area (Å²) in [6.45, 7) is 4.04. The summed E-state index contributed by atoms with van der Waals surface area (Å²) in [4.78, 5) is 11.3. The summed E-state index contributed by atoms with van der Waals surface area (Å²) in [5.74, 6) is 1.20. The van der Waals surface area contributed by atoms with Gasteiger partial charge >= 0.3 is 0 Å². The Bertz CT molecular complexity index is 215. The molecule has 0 heterocycles. The fraction of sp³-hybridized carbons (Fsp3) is 0.727. The van der Waals surface area contributed by atoms with E-state index in [9.17, 15) is 4.79 Å². The van der Waals surface area contributed by atoms with E-state index in [1.165, 1.54) is 12.8 Å². The minimum absolute atomic E-state index is 0.0566. The summed E-state index contributed by atoms with van der Waals surface area (Å²) in [6.07, 6.45) is 7.02. The van der Waals surface area contributed by atoms with E-state index in [4.69, 9.17) is 0 Å². The second kappa shape index (κ2) is 6.12. The van der Waals surface area contributed by atoms with Crippen molar-refractivity contribution in [3.8, 4) is 0 Å². The topological polar surface area (TPSA) is 29.1 Å². The molecule has 0 aromatic heterocycles. The standard InChI is InChI=1S/C11H19NOS/c1-3-6-11(13)12-9-7-5-8-10(9)14-4-2/h3,6,9-10H,4-5,7-8H2,1-2H3,(H,12,13)/b6-3+. The number of carbonyl (C=O) groups is 1. The Balaban J connectivity index is 2.38. The molecule has 0 radical (unpaired) electrons. The summed E-state index contributed by atoms with van der Waals surface area (Å²) < 4.78 is 0. The van der Waals surface area contributed by atoms with Crippen LogP contribution in [-0.2, 0) is 4.79 Å². The van der Waals surface area contributed by atoms with E-state index < -0.39 is 0 Å². The normalized spacial score (nSPS) is 27.0. The minimum atomic E-state index is 0.0566. The van der Waals surface area contributed by atoms with Crippen molar-refractivity contribution in [2.45, 2.75) is 44.4 Å². The number of amides is 1. The molecule has 1 N–H and O–H groups in total. The number of rotatable bonds is 4. The third-order valence-electron chi connectivity index (χ3n) is 2.48. The van der Waals surface area contributed by atoms with Gasteiger partial charge in [0.05, 0.1) is 0 Å². The van der Waals surface area contributed by atoms with E-state index in [0.717, 1.165) is 12.2 Å². The van der Waals surface area contributed by atoms with Crippen molar-refractivity contribution < 1.29 is 4.79 Å². The van der Waals surface area contributed by atoms with Crippen LogP contribution < -0.4 is 5.32 Å². The molecule has 1 amide bonds. The Morgan fingerprint density at radius 2 is 2.36 bits per heavy atom. The molecule has 1 aliphatic carbocycles. The van der Waals surface area contributed by atoms with Crippen LogP contribution in [0.5, 0.6) is 0 Å². The summed E-state index contributed by atoms with van der Waals surface area (Å²) in [6, 6.07) is 0.392. The number of carbonyl (C=O) groups excluding carboxylic acids is 1. The van der Waals surface area contributed by atoms with E-state index in [1.807, 2.05) is 18.7 Å². The number of hydrogen-bond acceptors (Lipinski definition) is 2. The van der Waals surface area contributed by atoms with Crippen molar-refractivity contribution in [1.82, 2.24) is 5.32 Å². The molecule has 0 spiro atoms. The van der Waals surface area contributed by atoms with Gasteiger partial charge in [-0.3, -0.25) is 4.79 Å². The lowest BCUT2D eigenvalue weighted by Gasteiger charge is -2.19. The van der Waals surface area contributed by atoms with Crippen molar-refractivity contribution >= 4 is 17.7 Å². The molecule has 2 nitrogen and oxygen atoms in total. The quantitative estimate of drug-likeness (QED) is 0.726. The lowest BCUT2D eigenvalue weighted by molar-refractivity contribution is -0.117. The van der Waals surface area contributed by atoms with Crippen LogP contribution in [0.3, 0.4) is 0 Å². The van der Waals surface area contributed by atoms with Gasteiger partial charge in [-0.15, -0.1) is 0 Å². The van der Waals surface area contributed by atoms with Crippen LogP contribution in [0, 0.1) is 0 Å². The summed E-state index contributed by atoms with van der Waals surface area (Å²) in [7, 11) is 0. The Morgan fingerprint density at radius 1 is 1.57 bits per heavy atom. The zero-order chi connectivity index (χ0) is 10.4.